The second-order valence-electron chi connectivity index (χ2n) is 5.19. The van der Waals surface area contributed by atoms with Crippen molar-refractivity contribution >= 4 is 0 Å². The largest absolute Gasteiger partial charge is 0.380 e. The molecular weight excluding hydrogens is 222 g/mol. The molecule has 0 aliphatic heterocycles. The van der Waals surface area contributed by atoms with Crippen molar-refractivity contribution in [1.82, 2.24) is 5.32 Å². The van der Waals surface area contributed by atoms with Crippen molar-refractivity contribution in [2.24, 2.45) is 0 Å². The first-order valence-corrected chi connectivity index (χ1v) is 8.20. The van der Waals surface area contributed by atoms with Crippen molar-refractivity contribution < 1.29 is 4.74 Å². The lowest BCUT2D eigenvalue weighted by atomic mass is 10.1. The van der Waals surface area contributed by atoms with Crippen molar-refractivity contribution in [1.29, 1.82) is 0 Å². The molecule has 0 atom stereocenters. The molecule has 2 heteroatoms. The number of nitrogens with one attached hydrogen (secondary N) is 1. The highest BCUT2D eigenvalue weighted by Crippen LogP contribution is 2.02. The van der Waals surface area contributed by atoms with Crippen molar-refractivity contribution in [2.75, 3.05) is 26.3 Å². The van der Waals surface area contributed by atoms with Crippen LogP contribution in [0.2, 0.25) is 0 Å². The Morgan fingerprint density at radius 2 is 1.22 bits per heavy atom. The Morgan fingerprint density at radius 3 is 1.89 bits per heavy atom. The summed E-state index contributed by atoms with van der Waals surface area (Å²) < 4.78 is 5.60. The van der Waals surface area contributed by atoms with E-state index in [1.165, 1.54) is 64.2 Å². The Balaban J connectivity index is 2.86. The lowest BCUT2D eigenvalue weighted by molar-refractivity contribution is 0.131. The van der Waals surface area contributed by atoms with Gasteiger partial charge in [-0.15, -0.1) is 0 Å². The van der Waals surface area contributed by atoms with Gasteiger partial charge < -0.3 is 10.1 Å². The van der Waals surface area contributed by atoms with Gasteiger partial charge in [-0.05, 0) is 19.4 Å². The molecule has 2 nitrogen and oxygen atoms in total. The van der Waals surface area contributed by atoms with Crippen LogP contribution in [0.1, 0.15) is 78.1 Å². The average Bonchev–Trinajstić information content (AvgIpc) is 2.39. The highest BCUT2D eigenvalue weighted by Gasteiger charge is 1.92. The predicted molar refractivity (Wildman–Crippen MR) is 81.2 cm³/mol. The quantitative estimate of drug-likeness (QED) is 0.435. The van der Waals surface area contributed by atoms with Crippen LogP contribution in [0.4, 0.5) is 0 Å². The van der Waals surface area contributed by atoms with Crippen LogP contribution >= 0.6 is 0 Å². The molecule has 0 amide bonds. The van der Waals surface area contributed by atoms with E-state index >= 15 is 0 Å². The Morgan fingerprint density at radius 1 is 0.611 bits per heavy atom. The maximum atomic E-state index is 5.60. The molecule has 110 valence electrons. The zero-order chi connectivity index (χ0) is 13.3. The van der Waals surface area contributed by atoms with Crippen molar-refractivity contribution in [3.05, 3.63) is 0 Å². The van der Waals surface area contributed by atoms with Crippen LogP contribution in [0.5, 0.6) is 0 Å². The third kappa shape index (κ3) is 15.9. The Hall–Kier alpha value is -0.0800. The zero-order valence-electron chi connectivity index (χ0n) is 12.8. The van der Waals surface area contributed by atoms with Gasteiger partial charge in [-0.25, -0.2) is 0 Å². The number of unbranched alkanes of at least 4 members (excludes halogenated alkanes) is 8. The molecule has 0 saturated heterocycles. The molecule has 0 aliphatic carbocycles. The summed E-state index contributed by atoms with van der Waals surface area (Å²) in [6, 6.07) is 0. The molecule has 0 saturated carbocycles. The molecule has 0 fully saturated rings. The average molecular weight is 257 g/mol. The van der Waals surface area contributed by atoms with Gasteiger partial charge in [0.25, 0.3) is 0 Å². The first kappa shape index (κ1) is 17.9. The van der Waals surface area contributed by atoms with Gasteiger partial charge in [0.1, 0.15) is 0 Å². The molecule has 0 unspecified atom stereocenters. The molecule has 0 rings (SSSR count). The fourth-order valence-corrected chi connectivity index (χ4v) is 2.03. The fraction of sp³-hybridized carbons (Fsp3) is 1.00. The van der Waals surface area contributed by atoms with Gasteiger partial charge >= 0.3 is 0 Å². The normalized spacial score (nSPS) is 11.0. The van der Waals surface area contributed by atoms with E-state index in [4.69, 9.17) is 4.74 Å². The second kappa shape index (κ2) is 16.9. The number of hydrogen-bond donors (Lipinski definition) is 1. The summed E-state index contributed by atoms with van der Waals surface area (Å²) in [6.07, 6.45) is 13.4. The van der Waals surface area contributed by atoms with E-state index in [1.807, 2.05) is 0 Å². The number of hydrogen-bond acceptors (Lipinski definition) is 2. The topological polar surface area (TPSA) is 21.3 Å². The molecular formula is C16H35NO. The van der Waals surface area contributed by atoms with Crippen LogP contribution < -0.4 is 5.32 Å². The lowest BCUT2D eigenvalue weighted by Gasteiger charge is -2.06. The summed E-state index contributed by atoms with van der Waals surface area (Å²) in [5.41, 5.74) is 0. The van der Waals surface area contributed by atoms with Gasteiger partial charge in [0.05, 0.1) is 6.61 Å². The van der Waals surface area contributed by atoms with Gasteiger partial charge in [0, 0.05) is 13.2 Å². The molecule has 18 heavy (non-hydrogen) atoms. The molecule has 0 heterocycles. The summed E-state index contributed by atoms with van der Waals surface area (Å²) >= 11 is 0. The third-order valence-corrected chi connectivity index (χ3v) is 3.27. The molecule has 0 aromatic carbocycles. The van der Waals surface area contributed by atoms with E-state index in [0.29, 0.717) is 0 Å². The summed E-state index contributed by atoms with van der Waals surface area (Å²) in [6.45, 7) is 8.51. The molecule has 0 aromatic rings. The zero-order valence-corrected chi connectivity index (χ0v) is 12.8. The monoisotopic (exact) mass is 257 g/mol. The number of rotatable bonds is 15. The van der Waals surface area contributed by atoms with Crippen LogP contribution in [0.15, 0.2) is 0 Å². The standard InChI is InChI=1S/C16H35NO/c1-3-5-7-9-11-13-17-14-16-18-15-12-10-8-6-4-2/h17H,3-16H2,1-2H3. The summed E-state index contributed by atoms with van der Waals surface area (Å²) in [7, 11) is 0. The van der Waals surface area contributed by atoms with Crippen LogP contribution in [0.3, 0.4) is 0 Å². The minimum Gasteiger partial charge on any atom is -0.380 e. The SMILES string of the molecule is CCCCCCCNCCOCCCCCCC. The van der Waals surface area contributed by atoms with E-state index in [9.17, 15) is 0 Å². The lowest BCUT2D eigenvalue weighted by Crippen LogP contribution is -2.21. The van der Waals surface area contributed by atoms with Gasteiger partial charge in [0.15, 0.2) is 0 Å². The molecule has 0 spiro atoms. The summed E-state index contributed by atoms with van der Waals surface area (Å²) in [4.78, 5) is 0. The van der Waals surface area contributed by atoms with Crippen LogP contribution in [-0.4, -0.2) is 26.3 Å². The molecule has 0 bridgehead atoms. The third-order valence-electron chi connectivity index (χ3n) is 3.27. The maximum Gasteiger partial charge on any atom is 0.0590 e. The van der Waals surface area contributed by atoms with E-state index in [0.717, 1.165) is 26.3 Å². The Kier molecular flexibility index (Phi) is 16.8. The second-order valence-corrected chi connectivity index (χ2v) is 5.19. The number of ether oxygens (including phenoxy) is 1. The highest BCUT2D eigenvalue weighted by atomic mass is 16.5. The first-order valence-electron chi connectivity index (χ1n) is 8.20. The van der Waals surface area contributed by atoms with Gasteiger partial charge in [-0.1, -0.05) is 65.2 Å². The van der Waals surface area contributed by atoms with E-state index in [2.05, 4.69) is 19.2 Å². The highest BCUT2D eigenvalue weighted by molar-refractivity contribution is 4.49. The van der Waals surface area contributed by atoms with Crippen molar-refractivity contribution in [2.45, 2.75) is 78.1 Å². The van der Waals surface area contributed by atoms with Gasteiger partial charge in [-0.2, -0.15) is 0 Å². The summed E-state index contributed by atoms with van der Waals surface area (Å²) in [5, 5.41) is 3.45. The van der Waals surface area contributed by atoms with E-state index in [-0.39, 0.29) is 0 Å². The van der Waals surface area contributed by atoms with E-state index < -0.39 is 0 Å². The smallest absolute Gasteiger partial charge is 0.0590 e. The maximum absolute atomic E-state index is 5.60. The van der Waals surface area contributed by atoms with Crippen LogP contribution in [0, 0.1) is 0 Å². The minimum atomic E-state index is 0.878. The minimum absolute atomic E-state index is 0.878. The molecule has 0 aliphatic rings. The van der Waals surface area contributed by atoms with Gasteiger partial charge in [0.2, 0.25) is 0 Å². The van der Waals surface area contributed by atoms with Crippen LogP contribution in [-0.2, 0) is 4.74 Å². The first-order chi connectivity index (χ1) is 8.91. The molecule has 1 N–H and O–H groups in total. The van der Waals surface area contributed by atoms with Crippen molar-refractivity contribution in [3.63, 3.8) is 0 Å². The molecule has 0 aromatic heterocycles. The Bertz CT molecular complexity index is 123. The van der Waals surface area contributed by atoms with E-state index in [1.54, 1.807) is 0 Å². The molecule has 0 radical (unpaired) electrons. The van der Waals surface area contributed by atoms with Crippen molar-refractivity contribution in [3.8, 4) is 0 Å². The van der Waals surface area contributed by atoms with Crippen LogP contribution in [0.25, 0.3) is 0 Å². The summed E-state index contributed by atoms with van der Waals surface area (Å²) in [5.74, 6) is 0. The van der Waals surface area contributed by atoms with Gasteiger partial charge in [-0.3, -0.25) is 0 Å². The Labute approximate surface area is 115 Å². The predicted octanol–water partition coefficient (Wildman–Crippen LogP) is 4.53. The fourth-order valence-electron chi connectivity index (χ4n) is 2.03.